The van der Waals surface area contributed by atoms with Crippen molar-refractivity contribution in [3.63, 3.8) is 0 Å². The first-order chi connectivity index (χ1) is 13.1. The molecule has 2 aliphatic heterocycles. The molecule has 2 fully saturated rings. The summed E-state index contributed by atoms with van der Waals surface area (Å²) in [5.74, 6) is 0.507. The van der Waals surface area contributed by atoms with Crippen molar-refractivity contribution in [3.8, 4) is 0 Å². The highest BCUT2D eigenvalue weighted by atomic mass is 35.5. The molecular formula is C18H23ClN6O3. The van der Waals surface area contributed by atoms with Crippen molar-refractivity contribution in [1.82, 2.24) is 30.7 Å². The summed E-state index contributed by atoms with van der Waals surface area (Å²) in [6, 6.07) is 3.19. The van der Waals surface area contributed by atoms with Crippen LogP contribution in [0, 0.1) is 5.92 Å². The number of carbonyl (C=O) groups is 2. The number of pyridine rings is 1. The zero-order valence-corrected chi connectivity index (χ0v) is 16.4. The van der Waals surface area contributed by atoms with Gasteiger partial charge in [0.05, 0.1) is 6.54 Å². The zero-order chi connectivity index (χ0) is 18.9. The second-order valence-electron chi connectivity index (χ2n) is 6.85. The van der Waals surface area contributed by atoms with E-state index in [9.17, 15) is 9.59 Å². The van der Waals surface area contributed by atoms with Crippen LogP contribution in [0.5, 0.6) is 0 Å². The number of carbonyl (C=O) groups excluding carboxylic acids is 2. The number of nitrogens with zero attached hydrogens (tertiary/aromatic N) is 4. The topological polar surface area (TPSA) is 113 Å². The number of aromatic nitrogens is 3. The number of hydrogen-bond donors (Lipinski definition) is 2. The minimum Gasteiger partial charge on any atom is -0.339 e. The third-order valence-electron chi connectivity index (χ3n) is 5.31. The quantitative estimate of drug-likeness (QED) is 0.721. The lowest BCUT2D eigenvalue weighted by molar-refractivity contribution is -0.134. The Balaban J connectivity index is 0.00000225. The van der Waals surface area contributed by atoms with Crippen molar-refractivity contribution < 1.29 is 14.1 Å². The van der Waals surface area contributed by atoms with E-state index in [0.717, 1.165) is 25.9 Å². The second-order valence-corrected chi connectivity index (χ2v) is 6.85. The Morgan fingerprint density at radius 1 is 1.32 bits per heavy atom. The summed E-state index contributed by atoms with van der Waals surface area (Å²) < 4.78 is 5.10. The third kappa shape index (κ3) is 3.35. The predicted octanol–water partition coefficient (Wildman–Crippen LogP) is 1.40. The summed E-state index contributed by atoms with van der Waals surface area (Å²) in [7, 11) is 0. The van der Waals surface area contributed by atoms with E-state index in [1.807, 2.05) is 13.0 Å². The van der Waals surface area contributed by atoms with Crippen LogP contribution in [0.3, 0.4) is 0 Å². The molecule has 2 aromatic rings. The first kappa shape index (κ1) is 20.2. The van der Waals surface area contributed by atoms with E-state index in [4.69, 9.17) is 4.52 Å². The van der Waals surface area contributed by atoms with Crippen LogP contribution in [-0.4, -0.2) is 45.1 Å². The predicted molar refractivity (Wildman–Crippen MR) is 102 cm³/mol. The monoisotopic (exact) mass is 406 g/mol. The molecule has 10 heteroatoms. The van der Waals surface area contributed by atoms with Gasteiger partial charge in [-0.25, -0.2) is 4.79 Å². The lowest BCUT2D eigenvalue weighted by Crippen LogP contribution is -2.53. The maximum atomic E-state index is 13.5. The lowest BCUT2D eigenvalue weighted by Gasteiger charge is -2.37. The molecule has 4 heterocycles. The number of imide groups is 1. The molecule has 3 amide bonds. The van der Waals surface area contributed by atoms with Gasteiger partial charge in [0.15, 0.2) is 11.4 Å². The standard InChI is InChI=1S/C18H22N6O3.ClH/c1-2-15-21-14(23-27-15)11-24-16(25)18(22-17(24)26,12-5-8-19-9-6-12)13-4-3-7-20-10-13;/h3-4,7,10,12,19H,2,5-6,8-9,11H2,1H3,(H,22,26);1H. The Bertz CT molecular complexity index is 839. The van der Waals surface area contributed by atoms with Crippen LogP contribution in [0.15, 0.2) is 29.0 Å². The summed E-state index contributed by atoms with van der Waals surface area (Å²) >= 11 is 0. The van der Waals surface area contributed by atoms with Crippen molar-refractivity contribution in [1.29, 1.82) is 0 Å². The molecule has 2 aliphatic rings. The number of rotatable bonds is 5. The zero-order valence-electron chi connectivity index (χ0n) is 15.6. The summed E-state index contributed by atoms with van der Waals surface area (Å²) in [5.41, 5.74) is -0.398. The minimum absolute atomic E-state index is 0. The van der Waals surface area contributed by atoms with E-state index in [1.54, 1.807) is 18.5 Å². The van der Waals surface area contributed by atoms with Gasteiger partial charge in [-0.05, 0) is 37.9 Å². The molecule has 0 aromatic carbocycles. The SMILES string of the molecule is CCc1nc(CN2C(=O)NC(c3cccnc3)(C3CCNCC3)C2=O)no1.Cl. The average molecular weight is 407 g/mol. The molecule has 0 bridgehead atoms. The van der Waals surface area contributed by atoms with E-state index in [1.165, 1.54) is 4.90 Å². The highest BCUT2D eigenvalue weighted by molar-refractivity contribution is 6.07. The van der Waals surface area contributed by atoms with Gasteiger partial charge in [-0.2, -0.15) is 4.98 Å². The van der Waals surface area contributed by atoms with Gasteiger partial charge in [-0.3, -0.25) is 14.7 Å². The van der Waals surface area contributed by atoms with Crippen molar-refractivity contribution in [2.24, 2.45) is 5.92 Å². The molecule has 28 heavy (non-hydrogen) atoms. The van der Waals surface area contributed by atoms with Crippen molar-refractivity contribution in [3.05, 3.63) is 41.8 Å². The van der Waals surface area contributed by atoms with Gasteiger partial charge in [0.2, 0.25) is 5.89 Å². The Morgan fingerprint density at radius 2 is 2.11 bits per heavy atom. The number of piperidine rings is 1. The van der Waals surface area contributed by atoms with Crippen LogP contribution >= 0.6 is 12.4 Å². The van der Waals surface area contributed by atoms with Gasteiger partial charge >= 0.3 is 6.03 Å². The second kappa shape index (κ2) is 8.24. The maximum Gasteiger partial charge on any atom is 0.325 e. The number of hydrogen-bond acceptors (Lipinski definition) is 7. The highest BCUT2D eigenvalue weighted by Gasteiger charge is 2.57. The Kier molecular flexibility index (Phi) is 5.95. The normalized spacial score (nSPS) is 22.8. The smallest absolute Gasteiger partial charge is 0.325 e. The van der Waals surface area contributed by atoms with Crippen molar-refractivity contribution >= 4 is 24.3 Å². The number of urea groups is 1. The van der Waals surface area contributed by atoms with Crippen LogP contribution in [-0.2, 0) is 23.3 Å². The first-order valence-electron chi connectivity index (χ1n) is 9.22. The van der Waals surface area contributed by atoms with Crippen LogP contribution in [0.2, 0.25) is 0 Å². The number of aryl methyl sites for hydroxylation is 1. The molecule has 2 N–H and O–H groups in total. The van der Waals surface area contributed by atoms with Crippen molar-refractivity contribution in [2.75, 3.05) is 13.1 Å². The molecule has 150 valence electrons. The fourth-order valence-corrected chi connectivity index (χ4v) is 3.94. The molecule has 0 radical (unpaired) electrons. The van der Waals surface area contributed by atoms with E-state index < -0.39 is 11.6 Å². The fourth-order valence-electron chi connectivity index (χ4n) is 3.94. The summed E-state index contributed by atoms with van der Waals surface area (Å²) in [4.78, 5) is 35.9. The Hall–Kier alpha value is -2.52. The van der Waals surface area contributed by atoms with E-state index in [2.05, 4.69) is 25.8 Å². The van der Waals surface area contributed by atoms with Crippen molar-refractivity contribution in [2.45, 2.75) is 38.3 Å². The van der Waals surface area contributed by atoms with Gasteiger partial charge in [-0.15, -0.1) is 12.4 Å². The lowest BCUT2D eigenvalue weighted by atomic mass is 9.74. The third-order valence-corrected chi connectivity index (χ3v) is 5.31. The molecule has 1 unspecified atom stereocenters. The molecular weight excluding hydrogens is 384 g/mol. The molecule has 2 saturated heterocycles. The van der Waals surface area contributed by atoms with Gasteiger partial charge < -0.3 is 15.2 Å². The molecule has 1 atom stereocenters. The van der Waals surface area contributed by atoms with Gasteiger partial charge in [0.25, 0.3) is 5.91 Å². The number of nitrogens with one attached hydrogen (secondary N) is 2. The average Bonchev–Trinajstić information content (AvgIpc) is 3.28. The molecule has 4 rings (SSSR count). The molecule has 9 nitrogen and oxygen atoms in total. The minimum atomic E-state index is -1.11. The van der Waals surface area contributed by atoms with E-state index in [-0.39, 0.29) is 30.8 Å². The summed E-state index contributed by atoms with van der Waals surface area (Å²) in [5, 5.41) is 10.2. The van der Waals surface area contributed by atoms with Crippen LogP contribution in [0.4, 0.5) is 4.79 Å². The largest absolute Gasteiger partial charge is 0.339 e. The number of amides is 3. The van der Waals surface area contributed by atoms with Gasteiger partial charge in [0, 0.05) is 24.4 Å². The number of halogens is 1. The van der Waals surface area contributed by atoms with Crippen LogP contribution in [0.25, 0.3) is 0 Å². The summed E-state index contributed by atoms with van der Waals surface area (Å²) in [6.45, 7) is 3.50. The molecule has 0 aliphatic carbocycles. The fraction of sp³-hybridized carbons (Fsp3) is 0.500. The van der Waals surface area contributed by atoms with Crippen LogP contribution in [0.1, 0.15) is 37.0 Å². The van der Waals surface area contributed by atoms with Crippen LogP contribution < -0.4 is 10.6 Å². The summed E-state index contributed by atoms with van der Waals surface area (Å²) in [6.07, 6.45) is 5.49. The molecule has 0 spiro atoms. The van der Waals surface area contributed by atoms with E-state index >= 15 is 0 Å². The maximum absolute atomic E-state index is 13.5. The van der Waals surface area contributed by atoms with E-state index in [0.29, 0.717) is 23.7 Å². The van der Waals surface area contributed by atoms with Gasteiger partial charge in [0.1, 0.15) is 0 Å². The van der Waals surface area contributed by atoms with Gasteiger partial charge in [-0.1, -0.05) is 18.1 Å². The highest BCUT2D eigenvalue weighted by Crippen LogP contribution is 2.40. The molecule has 0 saturated carbocycles. The Morgan fingerprint density at radius 3 is 2.75 bits per heavy atom. The molecule has 2 aromatic heterocycles. The first-order valence-corrected chi connectivity index (χ1v) is 9.22. The Labute approximate surface area is 168 Å².